The number of halogens is 3. The minimum Gasteiger partial charge on any atom is -0.335 e. The van der Waals surface area contributed by atoms with Gasteiger partial charge in [-0.05, 0) is 29.7 Å². The lowest BCUT2D eigenvalue weighted by molar-refractivity contribution is -0.141. The van der Waals surface area contributed by atoms with Crippen molar-refractivity contribution in [2.75, 3.05) is 13.1 Å². The highest BCUT2D eigenvalue weighted by molar-refractivity contribution is 5.94. The van der Waals surface area contributed by atoms with Gasteiger partial charge in [-0.2, -0.15) is 13.2 Å². The lowest BCUT2D eigenvalue weighted by Crippen LogP contribution is -2.34. The van der Waals surface area contributed by atoms with Gasteiger partial charge in [-0.3, -0.25) is 9.78 Å². The Bertz CT molecular complexity index is 752. The smallest absolute Gasteiger partial charge is 0.335 e. The largest absolute Gasteiger partial charge is 0.433 e. The molecule has 1 amide bonds. The Morgan fingerprint density at radius 2 is 1.83 bits per heavy atom. The van der Waals surface area contributed by atoms with Gasteiger partial charge >= 0.3 is 6.18 Å². The Morgan fingerprint density at radius 1 is 1.08 bits per heavy atom. The van der Waals surface area contributed by atoms with E-state index in [-0.39, 0.29) is 11.5 Å². The van der Waals surface area contributed by atoms with Crippen LogP contribution in [0.3, 0.4) is 0 Å². The lowest BCUT2D eigenvalue weighted by Gasteiger charge is -2.26. The summed E-state index contributed by atoms with van der Waals surface area (Å²) in [6, 6.07) is 11.9. The zero-order chi connectivity index (χ0) is 17.2. The maximum atomic E-state index is 12.5. The van der Waals surface area contributed by atoms with Crippen molar-refractivity contribution in [2.24, 2.45) is 0 Å². The van der Waals surface area contributed by atoms with Crippen molar-refractivity contribution >= 4 is 11.5 Å². The first kappa shape index (κ1) is 16.2. The van der Waals surface area contributed by atoms with Crippen LogP contribution >= 0.6 is 0 Å². The molecule has 1 aliphatic rings. The van der Waals surface area contributed by atoms with Crippen LogP contribution < -0.4 is 0 Å². The molecular weight excluding hydrogens is 317 g/mol. The van der Waals surface area contributed by atoms with Gasteiger partial charge in [0.25, 0.3) is 5.91 Å². The zero-order valence-electron chi connectivity index (χ0n) is 12.8. The van der Waals surface area contributed by atoms with Crippen molar-refractivity contribution in [2.45, 2.75) is 12.6 Å². The van der Waals surface area contributed by atoms with E-state index in [0.29, 0.717) is 19.5 Å². The molecule has 2 aromatic rings. The molecule has 24 heavy (non-hydrogen) atoms. The van der Waals surface area contributed by atoms with Crippen molar-refractivity contribution in [3.05, 3.63) is 71.6 Å². The average Bonchev–Trinajstić information content (AvgIpc) is 2.61. The fourth-order valence-corrected chi connectivity index (χ4v) is 2.64. The number of alkyl halides is 3. The van der Waals surface area contributed by atoms with E-state index in [1.165, 1.54) is 11.6 Å². The van der Waals surface area contributed by atoms with E-state index in [9.17, 15) is 18.0 Å². The SMILES string of the molecule is O=C(c1ccc(C(F)(F)F)nc1)N1CC=C(c2ccccc2)CC1. The molecule has 1 aliphatic heterocycles. The van der Waals surface area contributed by atoms with Gasteiger partial charge in [0.1, 0.15) is 5.69 Å². The van der Waals surface area contributed by atoms with Crippen LogP contribution in [-0.2, 0) is 6.18 Å². The van der Waals surface area contributed by atoms with E-state index in [2.05, 4.69) is 4.98 Å². The van der Waals surface area contributed by atoms with Gasteiger partial charge in [-0.1, -0.05) is 36.4 Å². The first-order valence-corrected chi connectivity index (χ1v) is 7.52. The standard InChI is InChI=1S/C18H15F3N2O/c19-18(20,21)16-7-6-15(12-22-16)17(24)23-10-8-14(9-11-23)13-4-2-1-3-5-13/h1-8,12H,9-11H2. The topological polar surface area (TPSA) is 33.2 Å². The number of rotatable bonds is 2. The quantitative estimate of drug-likeness (QED) is 0.832. The number of pyridine rings is 1. The van der Waals surface area contributed by atoms with E-state index in [1.807, 2.05) is 36.4 Å². The van der Waals surface area contributed by atoms with Crippen LogP contribution in [-0.4, -0.2) is 28.9 Å². The molecule has 0 radical (unpaired) electrons. The van der Waals surface area contributed by atoms with Crippen molar-refractivity contribution in [3.63, 3.8) is 0 Å². The van der Waals surface area contributed by atoms with E-state index >= 15 is 0 Å². The number of aromatic nitrogens is 1. The van der Waals surface area contributed by atoms with Gasteiger partial charge in [0.05, 0.1) is 5.56 Å². The molecule has 0 atom stereocenters. The molecule has 1 aromatic carbocycles. The van der Waals surface area contributed by atoms with Crippen LogP contribution in [0, 0.1) is 0 Å². The number of carbonyl (C=O) groups is 1. The molecule has 6 heteroatoms. The molecule has 124 valence electrons. The summed E-state index contributed by atoms with van der Waals surface area (Å²) in [6.07, 6.45) is -0.820. The van der Waals surface area contributed by atoms with Crippen LogP contribution in [0.1, 0.15) is 28.0 Å². The molecule has 0 spiro atoms. The average molecular weight is 332 g/mol. The predicted octanol–water partition coefficient (Wildman–Crippen LogP) is 4.03. The van der Waals surface area contributed by atoms with E-state index in [4.69, 9.17) is 0 Å². The maximum Gasteiger partial charge on any atom is 0.433 e. The normalized spacial score (nSPS) is 15.1. The van der Waals surface area contributed by atoms with Gasteiger partial charge < -0.3 is 4.90 Å². The Kier molecular flexibility index (Phi) is 4.38. The molecule has 0 unspecified atom stereocenters. The predicted molar refractivity (Wildman–Crippen MR) is 84.2 cm³/mol. The molecular formula is C18H15F3N2O. The molecule has 2 heterocycles. The van der Waals surface area contributed by atoms with E-state index in [0.717, 1.165) is 17.8 Å². The summed E-state index contributed by atoms with van der Waals surface area (Å²) < 4.78 is 37.5. The fourth-order valence-electron chi connectivity index (χ4n) is 2.64. The minimum atomic E-state index is -4.50. The second kappa shape index (κ2) is 6.47. The highest BCUT2D eigenvalue weighted by atomic mass is 19.4. The lowest BCUT2D eigenvalue weighted by atomic mass is 9.99. The third-order valence-electron chi connectivity index (χ3n) is 3.94. The number of benzene rings is 1. The third kappa shape index (κ3) is 3.48. The second-order valence-corrected chi connectivity index (χ2v) is 5.53. The zero-order valence-corrected chi connectivity index (χ0v) is 12.8. The number of amides is 1. The van der Waals surface area contributed by atoms with Crippen molar-refractivity contribution in [1.29, 1.82) is 0 Å². The summed E-state index contributed by atoms with van der Waals surface area (Å²) in [4.78, 5) is 17.3. The molecule has 0 N–H and O–H groups in total. The summed E-state index contributed by atoms with van der Waals surface area (Å²) in [6.45, 7) is 0.963. The minimum absolute atomic E-state index is 0.166. The second-order valence-electron chi connectivity index (χ2n) is 5.53. The summed E-state index contributed by atoms with van der Waals surface area (Å²) in [7, 11) is 0. The highest BCUT2D eigenvalue weighted by Crippen LogP contribution is 2.27. The van der Waals surface area contributed by atoms with Crippen molar-refractivity contribution in [1.82, 2.24) is 9.88 Å². The molecule has 3 rings (SSSR count). The molecule has 3 nitrogen and oxygen atoms in total. The van der Waals surface area contributed by atoms with E-state index in [1.54, 1.807) is 4.90 Å². The number of hydrogen-bond donors (Lipinski definition) is 0. The van der Waals surface area contributed by atoms with Gasteiger partial charge in [0, 0.05) is 19.3 Å². The number of carbonyl (C=O) groups excluding carboxylic acids is 1. The fraction of sp³-hybridized carbons (Fsp3) is 0.222. The van der Waals surface area contributed by atoms with Crippen LogP contribution in [0.4, 0.5) is 13.2 Å². The Labute approximate surface area is 137 Å². The van der Waals surface area contributed by atoms with Crippen molar-refractivity contribution in [3.8, 4) is 0 Å². The third-order valence-corrected chi connectivity index (χ3v) is 3.94. The summed E-state index contributed by atoms with van der Waals surface area (Å²) >= 11 is 0. The molecule has 0 saturated carbocycles. The number of nitrogens with zero attached hydrogens (tertiary/aromatic N) is 2. The first-order chi connectivity index (χ1) is 11.4. The van der Waals surface area contributed by atoms with Crippen LogP contribution in [0.2, 0.25) is 0 Å². The first-order valence-electron chi connectivity index (χ1n) is 7.52. The van der Waals surface area contributed by atoms with Gasteiger partial charge in [-0.25, -0.2) is 0 Å². The van der Waals surface area contributed by atoms with Gasteiger partial charge in [-0.15, -0.1) is 0 Å². The highest BCUT2D eigenvalue weighted by Gasteiger charge is 2.32. The van der Waals surface area contributed by atoms with Crippen LogP contribution in [0.15, 0.2) is 54.7 Å². The monoisotopic (exact) mass is 332 g/mol. The van der Waals surface area contributed by atoms with Crippen molar-refractivity contribution < 1.29 is 18.0 Å². The van der Waals surface area contributed by atoms with Crippen LogP contribution in [0.5, 0.6) is 0 Å². The maximum absolute atomic E-state index is 12.5. The Morgan fingerprint density at radius 3 is 2.38 bits per heavy atom. The molecule has 0 aliphatic carbocycles. The van der Waals surface area contributed by atoms with Gasteiger partial charge in [0.15, 0.2) is 0 Å². The summed E-state index contributed by atoms with van der Waals surface area (Å²) in [5, 5.41) is 0. The molecule has 0 saturated heterocycles. The summed E-state index contributed by atoms with van der Waals surface area (Å²) in [5.41, 5.74) is 1.47. The molecule has 0 bridgehead atoms. The van der Waals surface area contributed by atoms with Crippen LogP contribution in [0.25, 0.3) is 5.57 Å². The number of hydrogen-bond acceptors (Lipinski definition) is 2. The Hall–Kier alpha value is -2.63. The molecule has 0 fully saturated rings. The van der Waals surface area contributed by atoms with E-state index < -0.39 is 11.9 Å². The molecule has 1 aromatic heterocycles. The Balaban J connectivity index is 1.70. The summed E-state index contributed by atoms with van der Waals surface area (Å²) in [5.74, 6) is -0.306. The van der Waals surface area contributed by atoms with Gasteiger partial charge in [0.2, 0.25) is 0 Å².